The molecule has 2 saturated carbocycles. The van der Waals surface area contributed by atoms with E-state index in [1.165, 1.54) is 0 Å². The minimum absolute atomic E-state index is 0.0360. The van der Waals surface area contributed by atoms with Crippen molar-refractivity contribution in [3.05, 3.63) is 12.2 Å². The lowest BCUT2D eigenvalue weighted by atomic mass is 9.82. The van der Waals surface area contributed by atoms with E-state index in [0.29, 0.717) is 30.6 Å². The molecule has 0 aromatic carbocycles. The number of hydrogen-bond donors (Lipinski definition) is 1. The topological polar surface area (TPSA) is 86.6 Å². The Labute approximate surface area is 201 Å². The summed E-state index contributed by atoms with van der Waals surface area (Å²) in [7, 11) is 1.56. The lowest BCUT2D eigenvalue weighted by Gasteiger charge is -2.31. The standard InChI is InChI=1S/C25H38FN5O3/c1-34-23-6-2-16(12-20(23)26)3-7-24(32)30-10-8-18-14-31(15-19(18)9-11-30)25(33)17-4-5-21-22(13-17)28-29-27-21/h3,7,16-23H,2,4-6,8-15H2,1H3,(H,27,28). The van der Waals surface area contributed by atoms with E-state index in [4.69, 9.17) is 4.74 Å². The molecule has 3 heterocycles. The molecule has 2 amide bonds. The van der Waals surface area contributed by atoms with Gasteiger partial charge in [0.05, 0.1) is 18.2 Å². The predicted molar refractivity (Wildman–Crippen MR) is 124 cm³/mol. The Morgan fingerprint density at radius 3 is 2.47 bits per heavy atom. The second kappa shape index (κ2) is 10.3. The number of nitrogens with zero attached hydrogens (tertiary/aromatic N) is 4. The molecular formula is C25H38FN5O3. The molecule has 9 heteroatoms. The fraction of sp³-hybridized carbons (Fsp3) is 0.840. The van der Waals surface area contributed by atoms with Gasteiger partial charge in [0.15, 0.2) is 0 Å². The van der Waals surface area contributed by atoms with Crippen LogP contribution in [0.5, 0.6) is 0 Å². The van der Waals surface area contributed by atoms with E-state index in [9.17, 15) is 14.0 Å². The van der Waals surface area contributed by atoms with Crippen LogP contribution < -0.4 is 5.43 Å². The summed E-state index contributed by atoms with van der Waals surface area (Å²) in [5, 5.41) is 8.17. The van der Waals surface area contributed by atoms with Gasteiger partial charge in [-0.3, -0.25) is 15.0 Å². The van der Waals surface area contributed by atoms with Gasteiger partial charge in [0, 0.05) is 39.2 Å². The number of amides is 2. The number of allylic oxidation sites excluding steroid dienone is 1. The van der Waals surface area contributed by atoms with Crippen LogP contribution in [0.1, 0.15) is 51.4 Å². The highest BCUT2D eigenvalue weighted by molar-refractivity contribution is 5.87. The van der Waals surface area contributed by atoms with Gasteiger partial charge >= 0.3 is 0 Å². The first kappa shape index (κ1) is 23.7. The number of hydrogen-bond acceptors (Lipinski definition) is 6. The fourth-order valence-electron chi connectivity index (χ4n) is 6.73. The van der Waals surface area contributed by atoms with Crippen molar-refractivity contribution < 1.29 is 18.7 Å². The highest BCUT2D eigenvalue weighted by Gasteiger charge is 2.42. The highest BCUT2D eigenvalue weighted by Crippen LogP contribution is 2.36. The molecule has 0 radical (unpaired) electrons. The maximum Gasteiger partial charge on any atom is 0.246 e. The van der Waals surface area contributed by atoms with Crippen molar-refractivity contribution in [1.82, 2.24) is 15.2 Å². The zero-order chi connectivity index (χ0) is 23.7. The summed E-state index contributed by atoms with van der Waals surface area (Å²) >= 11 is 0. The van der Waals surface area contributed by atoms with Gasteiger partial charge < -0.3 is 14.5 Å². The smallest absolute Gasteiger partial charge is 0.246 e. The van der Waals surface area contributed by atoms with Crippen LogP contribution in [-0.2, 0) is 14.3 Å². The first-order valence-electron chi connectivity index (χ1n) is 13.1. The number of rotatable bonds is 4. The minimum Gasteiger partial charge on any atom is -0.378 e. The van der Waals surface area contributed by atoms with Crippen LogP contribution in [0.25, 0.3) is 0 Å². The van der Waals surface area contributed by atoms with Crippen LogP contribution in [0.2, 0.25) is 0 Å². The van der Waals surface area contributed by atoms with E-state index < -0.39 is 6.17 Å². The van der Waals surface area contributed by atoms with Crippen molar-refractivity contribution in [2.45, 2.75) is 75.7 Å². The Hall–Kier alpha value is -2.03. The molecule has 4 fully saturated rings. The summed E-state index contributed by atoms with van der Waals surface area (Å²) in [6.07, 6.45) is 8.83. The third-order valence-electron chi connectivity index (χ3n) is 8.90. The summed E-state index contributed by atoms with van der Waals surface area (Å²) < 4.78 is 19.3. The van der Waals surface area contributed by atoms with Gasteiger partial charge in [0.1, 0.15) is 6.17 Å². The SMILES string of the molecule is COC1CCC(C=CC(=O)N2CCC3CN(C(=O)C4CCC5N=NNC5C4)CC3CC2)CC1F. The molecule has 8 unspecified atom stereocenters. The van der Waals surface area contributed by atoms with Crippen molar-refractivity contribution >= 4 is 11.8 Å². The third kappa shape index (κ3) is 4.99. The van der Waals surface area contributed by atoms with Gasteiger partial charge in [-0.2, -0.15) is 5.11 Å². The van der Waals surface area contributed by atoms with Crippen LogP contribution in [-0.4, -0.2) is 79.3 Å². The summed E-state index contributed by atoms with van der Waals surface area (Å²) in [6.45, 7) is 3.09. The molecular weight excluding hydrogens is 437 g/mol. The Morgan fingerprint density at radius 1 is 1.00 bits per heavy atom. The molecule has 3 aliphatic heterocycles. The highest BCUT2D eigenvalue weighted by atomic mass is 19.1. The Morgan fingerprint density at radius 2 is 1.76 bits per heavy atom. The minimum atomic E-state index is -0.957. The number of likely N-dealkylation sites (tertiary alicyclic amines) is 2. The normalized spacial score (nSPS) is 40.1. The number of carbonyl (C=O) groups excluding carboxylic acids is 2. The van der Waals surface area contributed by atoms with E-state index in [0.717, 1.165) is 64.7 Å². The van der Waals surface area contributed by atoms with E-state index in [1.807, 2.05) is 11.0 Å². The summed E-state index contributed by atoms with van der Waals surface area (Å²) in [5.74, 6) is 1.44. The molecule has 34 heavy (non-hydrogen) atoms. The first-order chi connectivity index (χ1) is 16.5. The Kier molecular flexibility index (Phi) is 7.18. The van der Waals surface area contributed by atoms with Crippen molar-refractivity contribution in [2.75, 3.05) is 33.3 Å². The average Bonchev–Trinajstić information content (AvgIpc) is 3.44. The van der Waals surface area contributed by atoms with Crippen molar-refractivity contribution in [3.8, 4) is 0 Å². The molecule has 2 aliphatic carbocycles. The molecule has 0 bridgehead atoms. The molecule has 1 N–H and O–H groups in total. The number of nitrogens with one attached hydrogen (secondary N) is 1. The van der Waals surface area contributed by atoms with Gasteiger partial charge in [0.25, 0.3) is 0 Å². The van der Waals surface area contributed by atoms with Crippen LogP contribution >= 0.6 is 0 Å². The van der Waals surface area contributed by atoms with Gasteiger partial charge in [0.2, 0.25) is 11.8 Å². The maximum absolute atomic E-state index is 14.1. The first-order valence-corrected chi connectivity index (χ1v) is 13.1. The fourth-order valence-corrected chi connectivity index (χ4v) is 6.73. The quantitative estimate of drug-likeness (QED) is 0.634. The second-order valence-corrected chi connectivity index (χ2v) is 10.9. The van der Waals surface area contributed by atoms with E-state index in [-0.39, 0.29) is 35.9 Å². The van der Waals surface area contributed by atoms with Crippen molar-refractivity contribution in [3.63, 3.8) is 0 Å². The number of methoxy groups -OCH3 is 1. The summed E-state index contributed by atoms with van der Waals surface area (Å²) in [5.41, 5.74) is 3.07. The lowest BCUT2D eigenvalue weighted by Crippen LogP contribution is -2.44. The zero-order valence-electron chi connectivity index (χ0n) is 20.2. The molecule has 2 saturated heterocycles. The van der Waals surface area contributed by atoms with Gasteiger partial charge in [-0.25, -0.2) is 4.39 Å². The average molecular weight is 476 g/mol. The van der Waals surface area contributed by atoms with E-state index in [1.54, 1.807) is 13.2 Å². The number of ether oxygens (including phenoxy) is 1. The van der Waals surface area contributed by atoms with Gasteiger partial charge in [-0.1, -0.05) is 11.3 Å². The summed E-state index contributed by atoms with van der Waals surface area (Å²) in [4.78, 5) is 30.1. The van der Waals surface area contributed by atoms with Crippen LogP contribution in [0, 0.1) is 23.7 Å². The molecule has 188 valence electrons. The van der Waals surface area contributed by atoms with E-state index >= 15 is 0 Å². The maximum atomic E-state index is 14.1. The summed E-state index contributed by atoms with van der Waals surface area (Å²) in [6, 6.07) is 0.458. The number of carbonyl (C=O) groups is 2. The van der Waals surface area contributed by atoms with Crippen LogP contribution in [0.15, 0.2) is 22.5 Å². The monoisotopic (exact) mass is 475 g/mol. The second-order valence-electron chi connectivity index (χ2n) is 10.9. The largest absolute Gasteiger partial charge is 0.378 e. The predicted octanol–water partition coefficient (Wildman–Crippen LogP) is 2.90. The van der Waals surface area contributed by atoms with Crippen LogP contribution in [0.4, 0.5) is 4.39 Å². The molecule has 0 spiro atoms. The van der Waals surface area contributed by atoms with Gasteiger partial charge in [-0.05, 0) is 75.2 Å². The Bertz CT molecular complexity index is 806. The molecule has 5 aliphatic rings. The molecule has 0 aromatic heterocycles. The lowest BCUT2D eigenvalue weighted by molar-refractivity contribution is -0.136. The molecule has 0 aromatic rings. The van der Waals surface area contributed by atoms with E-state index in [2.05, 4.69) is 20.7 Å². The molecule has 8 atom stereocenters. The molecule has 8 nitrogen and oxygen atoms in total. The number of fused-ring (bicyclic) bond motifs is 2. The number of alkyl halides is 1. The van der Waals surface area contributed by atoms with Crippen molar-refractivity contribution in [2.24, 2.45) is 34.0 Å². The van der Waals surface area contributed by atoms with Crippen molar-refractivity contribution in [1.29, 1.82) is 0 Å². The third-order valence-corrected chi connectivity index (χ3v) is 8.90. The zero-order valence-corrected chi connectivity index (χ0v) is 20.2. The Balaban J connectivity index is 1.08. The van der Waals surface area contributed by atoms with Gasteiger partial charge in [-0.15, -0.1) is 0 Å². The van der Waals surface area contributed by atoms with Crippen LogP contribution in [0.3, 0.4) is 0 Å². The number of halogens is 1. The molecule has 5 rings (SSSR count).